The molecular formula is ClO2S. The molecule has 0 aromatic heterocycles. The van der Waals surface area contributed by atoms with Gasteiger partial charge in [0, 0.05) is 0 Å². The van der Waals surface area contributed by atoms with Gasteiger partial charge in [-0.25, -0.2) is 0 Å². The molecule has 4 heteroatoms. The first kappa shape index (κ1) is 8.87. The summed E-state index contributed by atoms with van der Waals surface area (Å²) in [5, 5.41) is 0. The molecule has 0 saturated heterocycles. The number of hydrogen-bond acceptors (Lipinski definition) is 2. The summed E-state index contributed by atoms with van der Waals surface area (Å²) in [7, 11) is 0. The van der Waals surface area contributed by atoms with Crippen molar-refractivity contribution in [2.24, 2.45) is 0 Å². The molecule has 0 aromatic carbocycles. The van der Waals surface area contributed by atoms with E-state index in [4.69, 9.17) is 8.42 Å². The molecular weight excluding hydrogens is 99.5 g/mol. The van der Waals surface area contributed by atoms with Gasteiger partial charge in [0.05, 0.1) is 0 Å². The Balaban J connectivity index is 0. The van der Waals surface area contributed by atoms with Gasteiger partial charge in [-0.1, -0.05) is 0 Å². The first-order valence-corrected chi connectivity index (χ1v) is 1.00. The first-order valence-electron chi connectivity index (χ1n) is 0.333. The molecule has 0 aromatic rings. The maximum absolute atomic E-state index is 8.29. The summed E-state index contributed by atoms with van der Waals surface area (Å²) in [6.45, 7) is 0. The third kappa shape index (κ3) is 59.8. The van der Waals surface area contributed by atoms with Crippen molar-refractivity contribution in [3.8, 4) is 0 Å². The quantitative estimate of drug-likeness (QED) is 0.299. The van der Waals surface area contributed by atoms with Gasteiger partial charge < -0.3 is 12.4 Å². The van der Waals surface area contributed by atoms with Crippen LogP contribution >= 0.6 is 0 Å². The van der Waals surface area contributed by atoms with Crippen LogP contribution in [0.25, 0.3) is 0 Å². The van der Waals surface area contributed by atoms with E-state index >= 15 is 0 Å². The number of rotatable bonds is 0. The van der Waals surface area contributed by atoms with E-state index in [0.717, 1.165) is 0 Å². The van der Waals surface area contributed by atoms with Crippen molar-refractivity contribution in [2.45, 2.75) is 0 Å². The van der Waals surface area contributed by atoms with E-state index in [1.54, 1.807) is 0 Å². The van der Waals surface area contributed by atoms with Gasteiger partial charge in [0.2, 0.25) is 0 Å². The zero-order chi connectivity index (χ0) is 2.71. The fraction of sp³-hybridized carbons (Fsp3) is 0. The van der Waals surface area contributed by atoms with Crippen LogP contribution in [-0.2, 0) is 20.0 Å². The van der Waals surface area contributed by atoms with E-state index in [9.17, 15) is 0 Å². The van der Waals surface area contributed by atoms with E-state index in [-0.39, 0.29) is 12.4 Å². The van der Waals surface area contributed by atoms with Crippen LogP contribution in [0.2, 0.25) is 0 Å². The van der Waals surface area contributed by atoms with E-state index in [0.29, 0.717) is 0 Å². The summed E-state index contributed by atoms with van der Waals surface area (Å²) < 4.78 is 16.6. The molecule has 0 fully saturated rings. The SMILES string of the molecule is O=[S+]=O.[Cl-]. The molecule has 25 valence electrons. The third-order valence-corrected chi connectivity index (χ3v) is 0. The molecule has 0 amide bonds. The molecule has 1 radical (unpaired) electrons. The van der Waals surface area contributed by atoms with Gasteiger partial charge in [0.1, 0.15) is 0 Å². The Morgan fingerprint density at radius 1 is 1.25 bits per heavy atom. The molecule has 0 aliphatic heterocycles. The molecule has 0 atom stereocenters. The maximum atomic E-state index is 8.29. The summed E-state index contributed by atoms with van der Waals surface area (Å²) in [6.07, 6.45) is 0. The van der Waals surface area contributed by atoms with Crippen molar-refractivity contribution in [3.63, 3.8) is 0 Å². The standard InChI is InChI=1S/ClH.O2S/c;1-3-2/h1H;/q;+1/p-1. The van der Waals surface area contributed by atoms with Crippen molar-refractivity contribution in [3.05, 3.63) is 0 Å². The summed E-state index contributed by atoms with van der Waals surface area (Å²) in [5.74, 6) is 0. The van der Waals surface area contributed by atoms with Crippen LogP contribution in [0.4, 0.5) is 0 Å². The second-order valence-corrected chi connectivity index (χ2v) is 0.204. The number of halogens is 1. The second-order valence-electron chi connectivity index (χ2n) is 0.0680. The normalized spacial score (nSPS) is 2.00. The van der Waals surface area contributed by atoms with Crippen LogP contribution in [0.5, 0.6) is 0 Å². The topological polar surface area (TPSA) is 34.1 Å². The molecule has 0 rings (SSSR count). The van der Waals surface area contributed by atoms with Crippen LogP contribution in [0, 0.1) is 0 Å². The molecule has 0 saturated carbocycles. The van der Waals surface area contributed by atoms with E-state index in [2.05, 4.69) is 0 Å². The predicted molar refractivity (Wildman–Crippen MR) is 8.74 cm³/mol. The monoisotopic (exact) mass is 98.9 g/mol. The minimum absolute atomic E-state index is 0. The first-order chi connectivity index (χ1) is 1.41. The van der Waals surface area contributed by atoms with Crippen molar-refractivity contribution in [2.75, 3.05) is 0 Å². The van der Waals surface area contributed by atoms with Gasteiger partial charge in [-0.2, -0.15) is 0 Å². The molecule has 0 spiro atoms. The van der Waals surface area contributed by atoms with Crippen LogP contribution in [0.1, 0.15) is 0 Å². The van der Waals surface area contributed by atoms with Gasteiger partial charge in [-0.05, 0) is 0 Å². The Bertz CT molecular complexity index is 27.0. The van der Waals surface area contributed by atoms with Gasteiger partial charge in [0.25, 0.3) is 0 Å². The summed E-state index contributed by atoms with van der Waals surface area (Å²) in [5.41, 5.74) is 0. The zero-order valence-electron chi connectivity index (χ0n) is 1.60. The smallest absolute Gasteiger partial charge is 1.00 e. The zero-order valence-corrected chi connectivity index (χ0v) is 3.18. The van der Waals surface area contributed by atoms with E-state index in [1.807, 2.05) is 0 Å². The van der Waals surface area contributed by atoms with Crippen LogP contribution in [0.15, 0.2) is 0 Å². The average Bonchev–Trinajstić information content (AvgIpc) is 0.918. The van der Waals surface area contributed by atoms with Crippen molar-refractivity contribution in [1.29, 1.82) is 0 Å². The minimum Gasteiger partial charge on any atom is -1.00 e. The molecule has 0 N–H and O–H groups in total. The van der Waals surface area contributed by atoms with Crippen LogP contribution < -0.4 is 12.4 Å². The summed E-state index contributed by atoms with van der Waals surface area (Å²) in [4.78, 5) is 0. The van der Waals surface area contributed by atoms with Crippen molar-refractivity contribution in [1.82, 2.24) is 0 Å². The van der Waals surface area contributed by atoms with Gasteiger partial charge >= 0.3 is 20.0 Å². The van der Waals surface area contributed by atoms with E-state index in [1.165, 1.54) is 0 Å². The van der Waals surface area contributed by atoms with Crippen LogP contribution in [-0.4, -0.2) is 0 Å². The molecule has 0 aliphatic carbocycles. The van der Waals surface area contributed by atoms with Gasteiger partial charge in [-0.15, -0.1) is 0 Å². The van der Waals surface area contributed by atoms with Crippen molar-refractivity contribution >= 4 is 11.6 Å². The molecule has 4 heavy (non-hydrogen) atoms. The Hall–Kier alpha value is 0.240. The Kier molecular flexibility index (Phi) is 23.4. The average molecular weight is 99.5 g/mol. The Labute approximate surface area is 33.2 Å². The molecule has 0 bridgehead atoms. The summed E-state index contributed by atoms with van der Waals surface area (Å²) >= 11 is -0.750. The molecule has 0 aliphatic rings. The second kappa shape index (κ2) is 10.6. The summed E-state index contributed by atoms with van der Waals surface area (Å²) in [6, 6.07) is 0. The Morgan fingerprint density at radius 2 is 1.25 bits per heavy atom. The van der Waals surface area contributed by atoms with Crippen molar-refractivity contribution < 1.29 is 20.8 Å². The molecule has 0 unspecified atom stereocenters. The Morgan fingerprint density at radius 3 is 1.25 bits per heavy atom. The fourth-order valence-corrected chi connectivity index (χ4v) is 0. The molecule has 2 nitrogen and oxygen atoms in total. The largest absolute Gasteiger partial charge is 1.00 e. The van der Waals surface area contributed by atoms with Gasteiger partial charge in [0.15, 0.2) is 0 Å². The molecule has 0 heterocycles. The van der Waals surface area contributed by atoms with Gasteiger partial charge in [-0.3, -0.25) is 0 Å². The third-order valence-electron chi connectivity index (χ3n) is 0. The minimum atomic E-state index is -0.750. The van der Waals surface area contributed by atoms with Crippen LogP contribution in [0.3, 0.4) is 0 Å². The number of hydrogen-bond donors (Lipinski definition) is 0. The maximum Gasteiger partial charge on any atom is -1.00 e. The predicted octanol–water partition coefficient (Wildman–Crippen LogP) is -3.24. The van der Waals surface area contributed by atoms with E-state index < -0.39 is 11.6 Å². The fourth-order valence-electron chi connectivity index (χ4n) is 0.